The van der Waals surface area contributed by atoms with Crippen molar-refractivity contribution in [3.05, 3.63) is 11.6 Å². The van der Waals surface area contributed by atoms with E-state index in [1.807, 2.05) is 5.32 Å². The Labute approximate surface area is 61.7 Å². The van der Waals surface area contributed by atoms with E-state index in [1.54, 1.807) is 0 Å². The van der Waals surface area contributed by atoms with Gasteiger partial charge in [0, 0.05) is 6.08 Å². The van der Waals surface area contributed by atoms with Crippen molar-refractivity contribution in [2.24, 2.45) is 0 Å². The van der Waals surface area contributed by atoms with Gasteiger partial charge in [-0.3, -0.25) is 14.9 Å². The summed E-state index contributed by atoms with van der Waals surface area (Å²) >= 11 is 0. The fourth-order valence-corrected chi connectivity index (χ4v) is 0.737. The molecule has 0 saturated carbocycles. The summed E-state index contributed by atoms with van der Waals surface area (Å²) in [6.45, 7) is 0. The Morgan fingerprint density at radius 2 is 2.18 bits per heavy atom. The van der Waals surface area contributed by atoms with E-state index >= 15 is 0 Å². The Balaban J connectivity index is 2.89. The summed E-state index contributed by atoms with van der Waals surface area (Å²) in [5.74, 6) is -2.47. The summed E-state index contributed by atoms with van der Waals surface area (Å²) < 4.78 is 0. The summed E-state index contributed by atoms with van der Waals surface area (Å²) in [6, 6.07) is 0. The first-order valence-corrected chi connectivity index (χ1v) is 2.87. The summed E-state index contributed by atoms with van der Waals surface area (Å²) in [5.41, 5.74) is -0.168. The monoisotopic (exact) mass is 155 g/mol. The maximum Gasteiger partial charge on any atom is 0.332 e. The van der Waals surface area contributed by atoms with Gasteiger partial charge in [0.1, 0.15) is 0 Å². The van der Waals surface area contributed by atoms with Crippen LogP contribution in [0.1, 0.15) is 6.42 Å². The van der Waals surface area contributed by atoms with Crippen molar-refractivity contribution in [3.63, 3.8) is 0 Å². The molecule has 0 fully saturated rings. The fourth-order valence-electron chi connectivity index (χ4n) is 0.737. The lowest BCUT2D eigenvalue weighted by Crippen LogP contribution is -2.34. The maximum atomic E-state index is 10.6. The largest absolute Gasteiger partial charge is 0.478 e. The van der Waals surface area contributed by atoms with E-state index in [1.165, 1.54) is 0 Å². The number of imide groups is 1. The van der Waals surface area contributed by atoms with E-state index in [-0.39, 0.29) is 12.0 Å². The van der Waals surface area contributed by atoms with Crippen LogP contribution in [0.2, 0.25) is 0 Å². The van der Waals surface area contributed by atoms with Crippen molar-refractivity contribution in [3.8, 4) is 0 Å². The Bertz CT molecular complexity index is 266. The van der Waals surface area contributed by atoms with Crippen LogP contribution >= 0.6 is 0 Å². The van der Waals surface area contributed by atoms with Gasteiger partial charge in [-0.2, -0.15) is 0 Å². The highest BCUT2D eigenvalue weighted by Gasteiger charge is 2.20. The highest BCUT2D eigenvalue weighted by Crippen LogP contribution is 2.05. The van der Waals surface area contributed by atoms with Crippen LogP contribution in [0.5, 0.6) is 0 Å². The third-order valence-electron chi connectivity index (χ3n) is 1.19. The molecule has 0 aromatic rings. The highest BCUT2D eigenvalue weighted by molar-refractivity contribution is 6.11. The van der Waals surface area contributed by atoms with Gasteiger partial charge in [-0.1, -0.05) is 0 Å². The number of aliphatic carboxylic acids is 1. The maximum absolute atomic E-state index is 10.6. The van der Waals surface area contributed by atoms with Gasteiger partial charge in [0.15, 0.2) is 0 Å². The number of rotatable bonds is 1. The molecule has 0 bridgehead atoms. The molecule has 0 aliphatic carbocycles. The van der Waals surface area contributed by atoms with Crippen molar-refractivity contribution < 1.29 is 19.5 Å². The molecule has 0 aromatic heterocycles. The van der Waals surface area contributed by atoms with E-state index in [0.29, 0.717) is 0 Å². The first kappa shape index (κ1) is 7.46. The number of carboxylic acid groups (broad SMARTS) is 1. The third kappa shape index (κ3) is 1.64. The zero-order valence-corrected chi connectivity index (χ0v) is 5.46. The fraction of sp³-hybridized carbons (Fsp3) is 0.167. The highest BCUT2D eigenvalue weighted by atomic mass is 16.4. The Morgan fingerprint density at radius 3 is 2.64 bits per heavy atom. The topological polar surface area (TPSA) is 83.5 Å². The van der Waals surface area contributed by atoms with Crippen LogP contribution in [0.15, 0.2) is 11.6 Å². The number of nitrogens with one attached hydrogen (secondary N) is 1. The van der Waals surface area contributed by atoms with Crippen LogP contribution in [-0.2, 0) is 14.4 Å². The van der Waals surface area contributed by atoms with E-state index in [4.69, 9.17) is 5.11 Å². The Hall–Kier alpha value is -1.65. The zero-order chi connectivity index (χ0) is 8.43. The van der Waals surface area contributed by atoms with Gasteiger partial charge >= 0.3 is 5.97 Å². The lowest BCUT2D eigenvalue weighted by atomic mass is 10.1. The standard InChI is InChI=1S/C6H5NO4/c8-4-1-3(6(10)11)2-5(9)7-4/h1H,2H2,(H,10,11)(H,7,8,9). The Morgan fingerprint density at radius 1 is 1.55 bits per heavy atom. The molecule has 1 rings (SSSR count). The Kier molecular flexibility index (Phi) is 1.72. The molecule has 0 saturated heterocycles. The van der Waals surface area contributed by atoms with E-state index in [0.717, 1.165) is 6.08 Å². The second kappa shape index (κ2) is 2.53. The van der Waals surface area contributed by atoms with Crippen LogP contribution < -0.4 is 5.32 Å². The van der Waals surface area contributed by atoms with Crippen molar-refractivity contribution in [2.45, 2.75) is 6.42 Å². The lowest BCUT2D eigenvalue weighted by molar-refractivity contribution is -0.136. The molecule has 5 heteroatoms. The van der Waals surface area contributed by atoms with Gasteiger partial charge in [-0.25, -0.2) is 4.79 Å². The normalized spacial score (nSPS) is 17.3. The van der Waals surface area contributed by atoms with Crippen LogP contribution in [0.4, 0.5) is 0 Å². The summed E-state index contributed by atoms with van der Waals surface area (Å²) in [7, 11) is 0. The van der Waals surface area contributed by atoms with Crippen molar-refractivity contribution >= 4 is 17.8 Å². The minimum atomic E-state index is -1.23. The van der Waals surface area contributed by atoms with Crippen molar-refractivity contribution in [2.75, 3.05) is 0 Å². The first-order valence-electron chi connectivity index (χ1n) is 2.87. The molecule has 0 radical (unpaired) electrons. The number of carboxylic acids is 1. The molecule has 0 aromatic carbocycles. The number of hydrogen-bond acceptors (Lipinski definition) is 3. The molecule has 1 aliphatic rings. The van der Waals surface area contributed by atoms with E-state index < -0.39 is 17.8 Å². The minimum Gasteiger partial charge on any atom is -0.478 e. The summed E-state index contributed by atoms with van der Waals surface area (Å²) in [4.78, 5) is 31.3. The van der Waals surface area contributed by atoms with Crippen LogP contribution in [0, 0.1) is 0 Å². The van der Waals surface area contributed by atoms with E-state index in [9.17, 15) is 14.4 Å². The smallest absolute Gasteiger partial charge is 0.332 e. The first-order chi connectivity index (χ1) is 5.09. The lowest BCUT2D eigenvalue weighted by Gasteiger charge is -2.07. The zero-order valence-electron chi connectivity index (χ0n) is 5.46. The average Bonchev–Trinajstić information content (AvgIpc) is 1.85. The molecule has 0 unspecified atom stereocenters. The van der Waals surface area contributed by atoms with Gasteiger partial charge < -0.3 is 5.11 Å². The molecule has 2 N–H and O–H groups in total. The van der Waals surface area contributed by atoms with E-state index in [2.05, 4.69) is 0 Å². The van der Waals surface area contributed by atoms with Crippen LogP contribution in [0.3, 0.4) is 0 Å². The van der Waals surface area contributed by atoms with Crippen LogP contribution in [0.25, 0.3) is 0 Å². The van der Waals surface area contributed by atoms with Crippen molar-refractivity contribution in [1.29, 1.82) is 0 Å². The predicted octanol–water partition coefficient (Wildman–Crippen LogP) is -0.956. The molecule has 0 spiro atoms. The second-order valence-electron chi connectivity index (χ2n) is 2.06. The molecule has 1 heterocycles. The summed E-state index contributed by atoms with van der Waals surface area (Å²) in [5, 5.41) is 10.3. The molecular formula is C6H5NO4. The molecule has 0 atom stereocenters. The van der Waals surface area contributed by atoms with Gasteiger partial charge in [0.25, 0.3) is 5.91 Å². The van der Waals surface area contributed by atoms with Gasteiger partial charge in [-0.05, 0) is 0 Å². The second-order valence-corrected chi connectivity index (χ2v) is 2.06. The van der Waals surface area contributed by atoms with Gasteiger partial charge in [0.2, 0.25) is 5.91 Å². The predicted molar refractivity (Wildman–Crippen MR) is 33.5 cm³/mol. The average molecular weight is 155 g/mol. The summed E-state index contributed by atoms with van der Waals surface area (Å²) in [6.07, 6.45) is 0.671. The molecule has 58 valence electrons. The molecule has 11 heavy (non-hydrogen) atoms. The van der Waals surface area contributed by atoms with Crippen molar-refractivity contribution in [1.82, 2.24) is 5.32 Å². The molecule has 2 amide bonds. The third-order valence-corrected chi connectivity index (χ3v) is 1.19. The minimum absolute atomic E-state index is 0.168. The van der Waals surface area contributed by atoms with Gasteiger partial charge in [-0.15, -0.1) is 0 Å². The number of amides is 2. The molecule has 1 aliphatic heterocycles. The quantitative estimate of drug-likeness (QED) is 0.478. The number of hydrogen-bond donors (Lipinski definition) is 2. The SMILES string of the molecule is O=C1C=C(C(=O)O)CC(=O)N1. The number of carbonyl (C=O) groups is 3. The molecule has 5 nitrogen and oxygen atoms in total. The van der Waals surface area contributed by atoms with Gasteiger partial charge in [0.05, 0.1) is 12.0 Å². The number of carbonyl (C=O) groups excluding carboxylic acids is 2. The van der Waals surface area contributed by atoms with Crippen LogP contribution in [-0.4, -0.2) is 22.9 Å². The molecular weight excluding hydrogens is 150 g/mol.